The second-order valence-corrected chi connectivity index (χ2v) is 5.81. The van der Waals surface area contributed by atoms with Gasteiger partial charge >= 0.3 is 0 Å². The van der Waals surface area contributed by atoms with Gasteiger partial charge in [-0.1, -0.05) is 6.42 Å². The molecule has 2 aliphatic rings. The number of hydrogen-bond donors (Lipinski definition) is 0. The van der Waals surface area contributed by atoms with Crippen molar-refractivity contribution in [3.05, 3.63) is 0 Å². The first-order valence-electron chi connectivity index (χ1n) is 7.21. The Morgan fingerprint density at radius 3 is 2.28 bits per heavy atom. The molecule has 0 aromatic carbocycles. The molecule has 4 nitrogen and oxygen atoms in total. The number of hydrogen-bond acceptors (Lipinski definition) is 3. The fourth-order valence-electron chi connectivity index (χ4n) is 2.67. The van der Waals surface area contributed by atoms with Gasteiger partial charge < -0.3 is 14.5 Å². The molecule has 1 aliphatic heterocycles. The molecule has 104 valence electrons. The monoisotopic (exact) mass is 254 g/mol. The van der Waals surface area contributed by atoms with Crippen molar-refractivity contribution in [1.82, 2.24) is 9.80 Å². The average molecular weight is 254 g/mol. The van der Waals surface area contributed by atoms with E-state index in [0.717, 1.165) is 52.0 Å². The lowest BCUT2D eigenvalue weighted by molar-refractivity contribution is -0.142. The van der Waals surface area contributed by atoms with Crippen molar-refractivity contribution in [3.8, 4) is 0 Å². The highest BCUT2D eigenvalue weighted by atomic mass is 16.5. The highest BCUT2D eigenvalue weighted by molar-refractivity contribution is 5.80. The molecule has 2 fully saturated rings. The lowest BCUT2D eigenvalue weighted by Crippen LogP contribution is -2.49. The van der Waals surface area contributed by atoms with Crippen LogP contribution in [0.1, 0.15) is 32.1 Å². The van der Waals surface area contributed by atoms with Gasteiger partial charge in [0.25, 0.3) is 0 Å². The Bertz CT molecular complexity index is 271. The molecule has 0 aromatic rings. The van der Waals surface area contributed by atoms with Crippen LogP contribution in [0.25, 0.3) is 0 Å². The van der Waals surface area contributed by atoms with Crippen LogP contribution in [0.3, 0.4) is 0 Å². The van der Waals surface area contributed by atoms with Gasteiger partial charge in [-0.2, -0.15) is 0 Å². The molecule has 0 bridgehead atoms. The zero-order chi connectivity index (χ0) is 13.0. The van der Waals surface area contributed by atoms with Crippen molar-refractivity contribution in [2.45, 2.75) is 38.1 Å². The van der Waals surface area contributed by atoms with Crippen molar-refractivity contribution in [2.24, 2.45) is 5.92 Å². The van der Waals surface area contributed by atoms with E-state index in [1.165, 1.54) is 6.42 Å². The van der Waals surface area contributed by atoms with E-state index in [9.17, 15) is 4.79 Å². The fourth-order valence-corrected chi connectivity index (χ4v) is 2.67. The van der Waals surface area contributed by atoms with E-state index in [4.69, 9.17) is 4.74 Å². The van der Waals surface area contributed by atoms with Crippen LogP contribution in [0.5, 0.6) is 0 Å². The van der Waals surface area contributed by atoms with Gasteiger partial charge in [0.1, 0.15) is 0 Å². The van der Waals surface area contributed by atoms with Crippen molar-refractivity contribution in [1.29, 1.82) is 0 Å². The molecule has 4 heteroatoms. The number of nitrogens with zero attached hydrogens (tertiary/aromatic N) is 2. The summed E-state index contributed by atoms with van der Waals surface area (Å²) in [5, 5.41) is 0. The summed E-state index contributed by atoms with van der Waals surface area (Å²) in [6, 6.07) is 0.409. The van der Waals surface area contributed by atoms with Gasteiger partial charge in [0.15, 0.2) is 0 Å². The molecule has 1 amide bonds. The maximum Gasteiger partial charge on any atom is 0.225 e. The van der Waals surface area contributed by atoms with E-state index in [0.29, 0.717) is 17.9 Å². The lowest BCUT2D eigenvalue weighted by Gasteiger charge is -2.39. The lowest BCUT2D eigenvalue weighted by atomic mass is 9.83. The molecule has 0 spiro atoms. The summed E-state index contributed by atoms with van der Waals surface area (Å²) < 4.78 is 5.41. The van der Waals surface area contributed by atoms with Crippen molar-refractivity contribution in [2.75, 3.05) is 40.4 Å². The SMILES string of the molecule is CN(C)CCN(C(=O)C1CCC1)C1CCOCC1. The molecule has 1 saturated carbocycles. The minimum absolute atomic E-state index is 0.315. The number of ether oxygens (including phenoxy) is 1. The van der Waals surface area contributed by atoms with E-state index in [2.05, 4.69) is 23.9 Å². The van der Waals surface area contributed by atoms with Crippen LogP contribution >= 0.6 is 0 Å². The fraction of sp³-hybridized carbons (Fsp3) is 0.929. The highest BCUT2D eigenvalue weighted by Crippen LogP contribution is 2.30. The zero-order valence-electron chi connectivity index (χ0n) is 11.7. The molecule has 2 rings (SSSR count). The van der Waals surface area contributed by atoms with Gasteiger partial charge in [0.2, 0.25) is 5.91 Å². The van der Waals surface area contributed by atoms with Crippen LogP contribution in [0, 0.1) is 5.92 Å². The quantitative estimate of drug-likeness (QED) is 0.742. The van der Waals surface area contributed by atoms with Gasteiger partial charge in [-0.25, -0.2) is 0 Å². The molecule has 0 aromatic heterocycles. The average Bonchev–Trinajstić information content (AvgIpc) is 2.28. The summed E-state index contributed by atoms with van der Waals surface area (Å²) >= 11 is 0. The molecule has 1 saturated heterocycles. The molecule has 0 atom stereocenters. The number of likely N-dealkylation sites (N-methyl/N-ethyl adjacent to an activating group) is 1. The van der Waals surface area contributed by atoms with Gasteiger partial charge in [-0.05, 0) is 39.8 Å². The summed E-state index contributed by atoms with van der Waals surface area (Å²) in [4.78, 5) is 16.8. The Labute approximate surface area is 110 Å². The van der Waals surface area contributed by atoms with Crippen LogP contribution in [0.4, 0.5) is 0 Å². The molecule has 0 N–H and O–H groups in total. The summed E-state index contributed by atoms with van der Waals surface area (Å²) in [5.74, 6) is 0.713. The minimum atomic E-state index is 0.315. The number of carbonyl (C=O) groups is 1. The Kier molecular flexibility index (Phi) is 5.01. The van der Waals surface area contributed by atoms with E-state index in [-0.39, 0.29) is 0 Å². The number of amides is 1. The number of rotatable bonds is 5. The van der Waals surface area contributed by atoms with Gasteiger partial charge in [0.05, 0.1) is 0 Å². The highest BCUT2D eigenvalue weighted by Gasteiger charge is 2.33. The van der Waals surface area contributed by atoms with Crippen LogP contribution < -0.4 is 0 Å². The largest absolute Gasteiger partial charge is 0.381 e. The standard InChI is InChI=1S/C14H26N2O2/c1-15(2)8-9-16(13-6-10-18-11-7-13)14(17)12-4-3-5-12/h12-13H,3-11H2,1-2H3. The van der Waals surface area contributed by atoms with E-state index in [1.807, 2.05) is 0 Å². The van der Waals surface area contributed by atoms with Crippen LogP contribution in [0.2, 0.25) is 0 Å². The zero-order valence-corrected chi connectivity index (χ0v) is 11.7. The third kappa shape index (κ3) is 3.45. The predicted molar refractivity (Wildman–Crippen MR) is 71.4 cm³/mol. The van der Waals surface area contributed by atoms with Crippen molar-refractivity contribution >= 4 is 5.91 Å². The first-order valence-corrected chi connectivity index (χ1v) is 7.21. The predicted octanol–water partition coefficient (Wildman–Crippen LogP) is 1.36. The summed E-state index contributed by atoms with van der Waals surface area (Å²) in [6.07, 6.45) is 5.44. The van der Waals surface area contributed by atoms with E-state index < -0.39 is 0 Å². The second-order valence-electron chi connectivity index (χ2n) is 5.81. The maximum absolute atomic E-state index is 12.5. The van der Waals surface area contributed by atoms with E-state index in [1.54, 1.807) is 0 Å². The first-order chi connectivity index (χ1) is 8.68. The smallest absolute Gasteiger partial charge is 0.225 e. The topological polar surface area (TPSA) is 32.8 Å². The molecule has 1 aliphatic carbocycles. The van der Waals surface area contributed by atoms with Crippen LogP contribution in [0.15, 0.2) is 0 Å². The Morgan fingerprint density at radius 1 is 1.11 bits per heavy atom. The molecule has 1 heterocycles. The van der Waals surface area contributed by atoms with Crippen molar-refractivity contribution in [3.63, 3.8) is 0 Å². The molecule has 0 radical (unpaired) electrons. The van der Waals surface area contributed by atoms with Crippen molar-refractivity contribution < 1.29 is 9.53 Å². The first kappa shape index (κ1) is 13.8. The minimum Gasteiger partial charge on any atom is -0.381 e. The Hall–Kier alpha value is -0.610. The number of carbonyl (C=O) groups excluding carboxylic acids is 1. The molecular weight excluding hydrogens is 228 g/mol. The normalized spacial score (nSPS) is 21.9. The Balaban J connectivity index is 1.93. The third-order valence-corrected chi connectivity index (χ3v) is 4.16. The maximum atomic E-state index is 12.5. The third-order valence-electron chi connectivity index (χ3n) is 4.16. The van der Waals surface area contributed by atoms with Gasteiger partial charge in [-0.3, -0.25) is 4.79 Å². The van der Waals surface area contributed by atoms with Crippen LogP contribution in [-0.4, -0.2) is 62.1 Å². The summed E-state index contributed by atoms with van der Waals surface area (Å²) in [6.45, 7) is 3.44. The summed E-state index contributed by atoms with van der Waals surface area (Å²) in [7, 11) is 4.13. The van der Waals surface area contributed by atoms with Crippen LogP contribution in [-0.2, 0) is 9.53 Å². The molecule has 18 heavy (non-hydrogen) atoms. The second kappa shape index (κ2) is 6.53. The van der Waals surface area contributed by atoms with Gasteiger partial charge in [-0.15, -0.1) is 0 Å². The van der Waals surface area contributed by atoms with E-state index >= 15 is 0 Å². The molecular formula is C14H26N2O2. The summed E-state index contributed by atoms with van der Waals surface area (Å²) in [5.41, 5.74) is 0. The molecule has 0 unspecified atom stereocenters. The van der Waals surface area contributed by atoms with Gasteiger partial charge in [0, 0.05) is 38.3 Å². The Morgan fingerprint density at radius 2 is 1.78 bits per heavy atom.